The molecule has 2 aromatic heterocycles. The SMILES string of the molecule is CCn1c(-c2cc(N3CCN4CCC[C@@H]4C3)cnc2[C@H](C)OC)c2c3cc(ccc31)-c1cc(cc(C(F)F)c1)C[C@H](NC(=O)[C@H](C1CCCC1)N1CC[C@]3(CCN(C(=O)OC(C)(C)C)C3)C1)C(=O)N1CCC[C@H](N1)C(=O)OCC(C)(C)C2. The highest BCUT2D eigenvalue weighted by Gasteiger charge is 2.50. The number of aromatic nitrogens is 2. The number of anilines is 1. The number of pyridine rings is 1. The summed E-state index contributed by atoms with van der Waals surface area (Å²) in [4.78, 5) is 72.4. The lowest BCUT2D eigenvalue weighted by Crippen LogP contribution is -2.62. The molecule has 6 aliphatic heterocycles. The van der Waals surface area contributed by atoms with E-state index in [2.05, 4.69) is 69.0 Å². The van der Waals surface area contributed by atoms with Gasteiger partial charge in [-0.15, -0.1) is 0 Å². The maximum atomic E-state index is 15.4. The number of esters is 1. The third kappa shape index (κ3) is 12.0. The molecule has 4 aromatic rings. The van der Waals surface area contributed by atoms with Crippen LogP contribution in [0.3, 0.4) is 0 Å². The van der Waals surface area contributed by atoms with Crippen molar-refractivity contribution in [1.29, 1.82) is 0 Å². The summed E-state index contributed by atoms with van der Waals surface area (Å²) in [5.41, 5.74) is 9.17. The van der Waals surface area contributed by atoms with Gasteiger partial charge in [-0.25, -0.2) is 19.0 Å². The van der Waals surface area contributed by atoms with E-state index < -0.39 is 47.4 Å². The van der Waals surface area contributed by atoms with Crippen LogP contribution in [0.2, 0.25) is 0 Å². The highest BCUT2D eigenvalue weighted by atomic mass is 19.3. The minimum atomic E-state index is -2.82. The molecule has 0 radical (unpaired) electrons. The van der Waals surface area contributed by atoms with Gasteiger partial charge in [0.2, 0.25) is 5.91 Å². The van der Waals surface area contributed by atoms with Gasteiger partial charge in [0.05, 0.1) is 42.0 Å². The third-order valence-electron chi connectivity index (χ3n) is 19.1. The standard InChI is InChI=1S/C64H87F2N9O7/c1-9-74-53-19-18-43-32-48(53)50(56(74)49-33-47(35-67-54(49)40(2)80-8)71-27-26-70-22-12-16-46(70)36-71)34-63(6,7)39-81-60(78)51-17-13-23-75(69-51)59(77)52(30-41-28-44(43)31-45(29-41)57(65)66)68-58(76)55(42-14-10-11-15-42)72-24-20-64(37-72)21-25-73(38-64)61(79)82-62(3,4)5/h18-19,28-29,31-33,35,40,42,46,51-52,55,57,69H,9-17,20-27,30,34,36-39H2,1-8H3,(H,68,76)/t40-,46+,51-,52-,55-,64-/m0/s1. The zero-order chi connectivity index (χ0) is 57.8. The number of halogens is 2. The summed E-state index contributed by atoms with van der Waals surface area (Å²) in [6, 6.07) is 11.3. The Hall–Kier alpha value is -5.69. The Morgan fingerprint density at radius 2 is 1.70 bits per heavy atom. The molecule has 5 saturated heterocycles. The van der Waals surface area contributed by atoms with Crippen LogP contribution in [0.15, 0.2) is 48.7 Å². The largest absolute Gasteiger partial charge is 0.464 e. The average Bonchev–Trinajstić information content (AvgIpc) is 4.46. The molecular weight excluding hydrogens is 1040 g/mol. The van der Waals surface area contributed by atoms with Crippen molar-refractivity contribution in [2.45, 2.75) is 174 Å². The lowest BCUT2D eigenvalue weighted by molar-refractivity contribution is -0.155. The molecule has 1 spiro atoms. The number of piperazine rings is 1. The van der Waals surface area contributed by atoms with E-state index >= 15 is 18.4 Å². The minimum Gasteiger partial charge on any atom is -0.464 e. The second kappa shape index (κ2) is 23.4. The van der Waals surface area contributed by atoms with E-state index in [4.69, 9.17) is 19.2 Å². The predicted octanol–water partition coefficient (Wildman–Crippen LogP) is 9.86. The van der Waals surface area contributed by atoms with E-state index in [1.54, 1.807) is 18.1 Å². The maximum absolute atomic E-state index is 15.4. The van der Waals surface area contributed by atoms with E-state index in [0.29, 0.717) is 69.2 Å². The monoisotopic (exact) mass is 1130 g/mol. The predicted molar refractivity (Wildman–Crippen MR) is 312 cm³/mol. The second-order valence-electron chi connectivity index (χ2n) is 26.7. The smallest absolute Gasteiger partial charge is 0.410 e. The van der Waals surface area contributed by atoms with Gasteiger partial charge in [-0.05, 0) is 158 Å². The van der Waals surface area contributed by atoms with Crippen LogP contribution in [0.25, 0.3) is 33.3 Å². The van der Waals surface area contributed by atoms with Gasteiger partial charge in [-0.1, -0.05) is 44.9 Å². The quantitative estimate of drug-likeness (QED) is 0.145. The van der Waals surface area contributed by atoms with Crippen LogP contribution in [0, 0.1) is 16.7 Å². The number of rotatable bonds is 10. The first-order valence-corrected chi connectivity index (χ1v) is 30.6. The summed E-state index contributed by atoms with van der Waals surface area (Å²) in [5, 5.41) is 5.61. The number of hydrogen-bond acceptors (Lipinski definition) is 12. The van der Waals surface area contributed by atoms with Crippen molar-refractivity contribution in [2.75, 3.05) is 77.5 Å². The van der Waals surface area contributed by atoms with Crippen LogP contribution in [0.5, 0.6) is 0 Å². The van der Waals surface area contributed by atoms with E-state index in [1.165, 1.54) is 23.9 Å². The third-order valence-corrected chi connectivity index (χ3v) is 19.1. The van der Waals surface area contributed by atoms with Gasteiger partial charge >= 0.3 is 12.1 Å². The van der Waals surface area contributed by atoms with Crippen molar-refractivity contribution >= 4 is 40.5 Å². The Morgan fingerprint density at radius 3 is 2.45 bits per heavy atom. The molecule has 7 aliphatic rings. The molecule has 1 saturated carbocycles. The number of carbonyl (C=O) groups excluding carboxylic acids is 4. The number of hydrogen-bond donors (Lipinski definition) is 2. The van der Waals surface area contributed by atoms with Crippen LogP contribution in [-0.2, 0) is 48.0 Å². The fourth-order valence-corrected chi connectivity index (χ4v) is 14.8. The molecular formula is C64H87F2N9O7. The number of amides is 3. The number of aryl methyl sites for hydroxylation is 1. The molecule has 8 heterocycles. The van der Waals surface area contributed by atoms with Gasteiger partial charge in [-0.3, -0.25) is 34.2 Å². The van der Waals surface area contributed by atoms with Crippen molar-refractivity contribution in [3.8, 4) is 22.4 Å². The van der Waals surface area contributed by atoms with Crippen LogP contribution in [0.1, 0.15) is 148 Å². The summed E-state index contributed by atoms with van der Waals surface area (Å²) >= 11 is 0. The normalized spacial score (nSPS) is 25.7. The summed E-state index contributed by atoms with van der Waals surface area (Å²) in [5.74, 6) is -1.16. The van der Waals surface area contributed by atoms with E-state index in [0.717, 1.165) is 109 Å². The van der Waals surface area contributed by atoms with Gasteiger partial charge in [0.25, 0.3) is 12.3 Å². The number of nitrogens with one attached hydrogen (secondary N) is 2. The minimum absolute atomic E-state index is 0.0453. The fourth-order valence-electron chi connectivity index (χ4n) is 14.8. The molecule has 18 heteroatoms. The topological polar surface area (TPSA) is 154 Å². The molecule has 16 nitrogen and oxygen atoms in total. The molecule has 0 unspecified atom stereocenters. The molecule has 11 rings (SSSR count). The Labute approximate surface area is 482 Å². The summed E-state index contributed by atoms with van der Waals surface area (Å²) in [7, 11) is 1.70. The molecule has 3 amide bonds. The molecule has 6 atom stereocenters. The van der Waals surface area contributed by atoms with Gasteiger partial charge in [0.15, 0.2) is 0 Å². The highest BCUT2D eigenvalue weighted by molar-refractivity contribution is 5.96. The lowest BCUT2D eigenvalue weighted by Gasteiger charge is -2.39. The number of fused-ring (bicyclic) bond motifs is 7. The number of hydrazine groups is 1. The maximum Gasteiger partial charge on any atom is 0.410 e. The van der Waals surface area contributed by atoms with Gasteiger partial charge in [0, 0.05) is 105 Å². The fraction of sp³-hybridized carbons (Fsp3) is 0.641. The molecule has 1 aliphatic carbocycles. The summed E-state index contributed by atoms with van der Waals surface area (Å²) in [6.45, 7) is 21.3. The van der Waals surface area contributed by atoms with Gasteiger partial charge in [-0.2, -0.15) is 0 Å². The number of ether oxygens (including phenoxy) is 3. The number of methoxy groups -OCH3 is 1. The Morgan fingerprint density at radius 1 is 0.915 bits per heavy atom. The highest BCUT2D eigenvalue weighted by Crippen LogP contribution is 2.46. The van der Waals surface area contributed by atoms with Crippen LogP contribution < -0.4 is 15.6 Å². The number of cyclic esters (lactones) is 1. The van der Waals surface area contributed by atoms with Crippen molar-refractivity contribution in [1.82, 2.24) is 40.0 Å². The van der Waals surface area contributed by atoms with Crippen molar-refractivity contribution < 1.29 is 42.2 Å². The number of carbonyl (C=O) groups is 4. The number of nitrogens with zero attached hydrogens (tertiary/aromatic N) is 7. The molecule has 2 N–H and O–H groups in total. The lowest BCUT2D eigenvalue weighted by atomic mass is 9.84. The number of likely N-dealkylation sites (tertiary alicyclic amines) is 2. The van der Waals surface area contributed by atoms with E-state index in [1.807, 2.05) is 46.0 Å². The Bertz CT molecular complexity index is 3040. The van der Waals surface area contributed by atoms with Gasteiger partial charge in [0.1, 0.15) is 17.7 Å². The molecule has 6 bridgehead atoms. The number of alkyl halides is 2. The van der Waals surface area contributed by atoms with Gasteiger partial charge < -0.3 is 33.9 Å². The van der Waals surface area contributed by atoms with Crippen LogP contribution in [-0.4, -0.2) is 156 Å². The first kappa shape index (κ1) is 58.1. The molecule has 2 aromatic carbocycles. The zero-order valence-corrected chi connectivity index (χ0v) is 49.7. The summed E-state index contributed by atoms with van der Waals surface area (Å²) in [6.07, 6.45) is 7.56. The van der Waals surface area contributed by atoms with Crippen LogP contribution in [0.4, 0.5) is 19.3 Å². The molecule has 6 fully saturated rings. The first-order valence-electron chi connectivity index (χ1n) is 30.6. The Balaban J connectivity index is 0.984. The molecule has 82 heavy (non-hydrogen) atoms. The van der Waals surface area contributed by atoms with Crippen molar-refractivity contribution in [3.63, 3.8) is 0 Å². The van der Waals surface area contributed by atoms with Crippen molar-refractivity contribution in [3.05, 3.63) is 71.0 Å². The van der Waals surface area contributed by atoms with E-state index in [9.17, 15) is 9.59 Å². The zero-order valence-electron chi connectivity index (χ0n) is 49.7. The van der Waals surface area contributed by atoms with E-state index in [-0.39, 0.29) is 54.6 Å². The second-order valence-corrected chi connectivity index (χ2v) is 26.7. The average molecular weight is 1130 g/mol. The number of benzene rings is 2. The van der Waals surface area contributed by atoms with Crippen molar-refractivity contribution in [2.24, 2.45) is 16.7 Å². The first-order chi connectivity index (χ1) is 39.2. The molecule has 444 valence electrons. The summed E-state index contributed by atoms with van der Waals surface area (Å²) < 4.78 is 51.2. The Kier molecular flexibility index (Phi) is 16.6. The van der Waals surface area contributed by atoms with Crippen LogP contribution >= 0.6 is 0 Å².